The smallest absolute Gasteiger partial charge is 0.225 e. The van der Waals surface area contributed by atoms with Crippen molar-refractivity contribution in [1.29, 1.82) is 0 Å². The summed E-state index contributed by atoms with van der Waals surface area (Å²) >= 11 is 6.20. The van der Waals surface area contributed by atoms with Crippen LogP contribution in [0, 0.1) is 20.8 Å². The number of nitrogens with zero attached hydrogens (tertiary/aromatic N) is 2. The average molecular weight is 353 g/mol. The number of hydrogen-bond acceptors (Lipinski definition) is 4. The molecule has 0 atom stereocenters. The molecule has 0 saturated carbocycles. The molecule has 0 fully saturated rings. The zero-order chi connectivity index (χ0) is 17.8. The molecule has 5 heteroatoms. The summed E-state index contributed by atoms with van der Waals surface area (Å²) in [5.41, 5.74) is 5.35. The first kappa shape index (κ1) is 17.2. The molecular weight excluding hydrogens is 332 g/mol. The van der Waals surface area contributed by atoms with E-state index in [0.717, 1.165) is 27.8 Å². The van der Waals surface area contributed by atoms with Crippen LogP contribution in [0.4, 0.5) is 17.5 Å². The minimum Gasteiger partial charge on any atom is -0.350 e. The van der Waals surface area contributed by atoms with E-state index < -0.39 is 0 Å². The average Bonchev–Trinajstić information content (AvgIpc) is 2.57. The Morgan fingerprint density at radius 1 is 0.920 bits per heavy atom. The van der Waals surface area contributed by atoms with Crippen LogP contribution < -0.4 is 10.6 Å². The number of nitrogens with one attached hydrogen (secondary N) is 2. The number of aromatic nitrogens is 2. The van der Waals surface area contributed by atoms with Crippen molar-refractivity contribution in [3.63, 3.8) is 0 Å². The van der Waals surface area contributed by atoms with E-state index >= 15 is 0 Å². The topological polar surface area (TPSA) is 49.8 Å². The molecule has 128 valence electrons. The third-order valence-corrected chi connectivity index (χ3v) is 4.35. The summed E-state index contributed by atoms with van der Waals surface area (Å²) in [6.45, 7) is 6.70. The van der Waals surface area contributed by atoms with Crippen LogP contribution in [0.15, 0.2) is 48.5 Å². The molecule has 0 saturated heterocycles. The third kappa shape index (κ3) is 4.28. The second-order valence-electron chi connectivity index (χ2n) is 6.05. The summed E-state index contributed by atoms with van der Waals surface area (Å²) < 4.78 is 0. The van der Waals surface area contributed by atoms with E-state index in [-0.39, 0.29) is 0 Å². The maximum absolute atomic E-state index is 6.20. The number of para-hydroxylation sites is 1. The van der Waals surface area contributed by atoms with Gasteiger partial charge in [0.2, 0.25) is 5.95 Å². The fourth-order valence-electron chi connectivity index (χ4n) is 2.67. The van der Waals surface area contributed by atoms with Gasteiger partial charge in [0.25, 0.3) is 0 Å². The molecule has 1 aromatic heterocycles. The molecule has 0 unspecified atom stereocenters. The van der Waals surface area contributed by atoms with Gasteiger partial charge in [-0.05, 0) is 43.5 Å². The van der Waals surface area contributed by atoms with Gasteiger partial charge in [-0.1, -0.05) is 48.0 Å². The standard InChI is InChI=1S/C20H21ClN4/c1-13-7-6-8-14(2)19(13)24-18-11-15(3)23-20(25-18)22-12-16-9-4-5-10-17(16)21/h4-11H,12H2,1-3H3,(H2,22,23,24,25). The highest BCUT2D eigenvalue weighted by molar-refractivity contribution is 6.31. The van der Waals surface area contributed by atoms with Gasteiger partial charge in [0.15, 0.2) is 0 Å². The Labute approximate surface area is 153 Å². The van der Waals surface area contributed by atoms with Gasteiger partial charge >= 0.3 is 0 Å². The van der Waals surface area contributed by atoms with Gasteiger partial charge in [0, 0.05) is 29.0 Å². The predicted octanol–water partition coefficient (Wildman–Crippen LogP) is 5.41. The normalized spacial score (nSPS) is 10.6. The SMILES string of the molecule is Cc1cc(Nc2c(C)cccc2C)nc(NCc2ccccc2Cl)n1. The van der Waals surface area contributed by atoms with Gasteiger partial charge in [0.1, 0.15) is 5.82 Å². The van der Waals surface area contributed by atoms with Gasteiger partial charge in [-0.15, -0.1) is 0 Å². The van der Waals surface area contributed by atoms with Crippen molar-refractivity contribution in [2.24, 2.45) is 0 Å². The molecule has 2 N–H and O–H groups in total. The van der Waals surface area contributed by atoms with Crippen molar-refractivity contribution in [3.8, 4) is 0 Å². The van der Waals surface area contributed by atoms with Crippen molar-refractivity contribution in [3.05, 3.63) is 75.9 Å². The fourth-order valence-corrected chi connectivity index (χ4v) is 2.87. The molecule has 0 spiro atoms. The van der Waals surface area contributed by atoms with Crippen molar-refractivity contribution in [2.45, 2.75) is 27.3 Å². The van der Waals surface area contributed by atoms with Crippen LogP contribution in [0.25, 0.3) is 0 Å². The van der Waals surface area contributed by atoms with Crippen molar-refractivity contribution in [2.75, 3.05) is 10.6 Å². The van der Waals surface area contributed by atoms with E-state index in [9.17, 15) is 0 Å². The van der Waals surface area contributed by atoms with Gasteiger partial charge < -0.3 is 10.6 Å². The summed E-state index contributed by atoms with van der Waals surface area (Å²) in [6, 6.07) is 15.9. The van der Waals surface area contributed by atoms with Crippen LogP contribution in [-0.4, -0.2) is 9.97 Å². The zero-order valence-electron chi connectivity index (χ0n) is 14.6. The highest BCUT2D eigenvalue weighted by Gasteiger charge is 2.07. The first-order chi connectivity index (χ1) is 12.0. The minimum atomic E-state index is 0.575. The van der Waals surface area contributed by atoms with Gasteiger partial charge in [-0.3, -0.25) is 0 Å². The second-order valence-corrected chi connectivity index (χ2v) is 6.46. The number of anilines is 3. The summed E-state index contributed by atoms with van der Waals surface area (Å²) in [7, 11) is 0. The van der Waals surface area contributed by atoms with Crippen LogP contribution in [0.1, 0.15) is 22.4 Å². The van der Waals surface area contributed by atoms with Gasteiger partial charge in [-0.25, -0.2) is 4.98 Å². The number of halogens is 1. The highest BCUT2D eigenvalue weighted by atomic mass is 35.5. The Bertz CT molecular complexity index is 872. The first-order valence-electron chi connectivity index (χ1n) is 8.19. The molecular formula is C20H21ClN4. The van der Waals surface area contributed by atoms with Crippen LogP contribution in [-0.2, 0) is 6.54 Å². The molecule has 0 aliphatic rings. The highest BCUT2D eigenvalue weighted by Crippen LogP contribution is 2.24. The molecule has 0 aliphatic carbocycles. The number of hydrogen-bond donors (Lipinski definition) is 2. The summed E-state index contributed by atoms with van der Waals surface area (Å²) in [4.78, 5) is 9.04. The lowest BCUT2D eigenvalue weighted by Crippen LogP contribution is -2.07. The van der Waals surface area contributed by atoms with Gasteiger partial charge in [-0.2, -0.15) is 4.98 Å². The Morgan fingerprint density at radius 2 is 1.64 bits per heavy atom. The Morgan fingerprint density at radius 3 is 2.36 bits per heavy atom. The zero-order valence-corrected chi connectivity index (χ0v) is 15.4. The molecule has 0 aliphatic heterocycles. The second kappa shape index (κ2) is 7.53. The third-order valence-electron chi connectivity index (χ3n) is 3.98. The monoisotopic (exact) mass is 352 g/mol. The fraction of sp³-hybridized carbons (Fsp3) is 0.200. The van der Waals surface area contributed by atoms with Crippen molar-refractivity contribution in [1.82, 2.24) is 9.97 Å². The van der Waals surface area contributed by atoms with Crippen LogP contribution >= 0.6 is 11.6 Å². The maximum atomic E-state index is 6.20. The molecule has 3 rings (SSSR count). The summed E-state index contributed by atoms with van der Waals surface area (Å²) in [5.74, 6) is 1.35. The lowest BCUT2D eigenvalue weighted by atomic mass is 10.1. The van der Waals surface area contributed by atoms with E-state index in [4.69, 9.17) is 11.6 Å². The number of rotatable bonds is 5. The number of benzene rings is 2. The van der Waals surface area contributed by atoms with Crippen LogP contribution in [0.2, 0.25) is 5.02 Å². The minimum absolute atomic E-state index is 0.575. The lowest BCUT2D eigenvalue weighted by Gasteiger charge is -2.14. The van der Waals surface area contributed by atoms with Gasteiger partial charge in [0.05, 0.1) is 0 Å². The predicted molar refractivity (Wildman–Crippen MR) is 105 cm³/mol. The molecule has 2 aromatic carbocycles. The van der Waals surface area contributed by atoms with E-state index in [1.807, 2.05) is 37.3 Å². The van der Waals surface area contributed by atoms with Crippen LogP contribution in [0.3, 0.4) is 0 Å². The number of aryl methyl sites for hydroxylation is 3. The summed E-state index contributed by atoms with van der Waals surface area (Å²) in [6.07, 6.45) is 0. The quantitative estimate of drug-likeness (QED) is 0.644. The maximum Gasteiger partial charge on any atom is 0.225 e. The molecule has 3 aromatic rings. The molecule has 4 nitrogen and oxygen atoms in total. The lowest BCUT2D eigenvalue weighted by molar-refractivity contribution is 1.03. The molecule has 0 radical (unpaired) electrons. The Kier molecular flexibility index (Phi) is 5.19. The van der Waals surface area contributed by atoms with E-state index in [0.29, 0.717) is 12.5 Å². The Balaban J connectivity index is 1.80. The molecule has 0 bridgehead atoms. The molecule has 0 amide bonds. The van der Waals surface area contributed by atoms with Crippen molar-refractivity contribution < 1.29 is 0 Å². The molecule has 25 heavy (non-hydrogen) atoms. The largest absolute Gasteiger partial charge is 0.350 e. The molecule has 1 heterocycles. The van der Waals surface area contributed by atoms with E-state index in [1.54, 1.807) is 0 Å². The van der Waals surface area contributed by atoms with Crippen molar-refractivity contribution >= 4 is 29.1 Å². The van der Waals surface area contributed by atoms with Crippen LogP contribution in [0.5, 0.6) is 0 Å². The summed E-state index contributed by atoms with van der Waals surface area (Å²) in [5, 5.41) is 7.40. The first-order valence-corrected chi connectivity index (χ1v) is 8.57. The Hall–Kier alpha value is -2.59. The van der Waals surface area contributed by atoms with E-state index in [2.05, 4.69) is 52.6 Å². The van der Waals surface area contributed by atoms with E-state index in [1.165, 1.54) is 11.1 Å².